The summed E-state index contributed by atoms with van der Waals surface area (Å²) in [6.07, 6.45) is 7.81. The molecule has 2 amide bonds. The molecule has 37 heavy (non-hydrogen) atoms. The molecule has 2 saturated heterocycles. The van der Waals surface area contributed by atoms with Crippen LogP contribution in [0.2, 0.25) is 5.02 Å². The molecule has 1 atom stereocenters. The van der Waals surface area contributed by atoms with Crippen molar-refractivity contribution in [3.63, 3.8) is 0 Å². The summed E-state index contributed by atoms with van der Waals surface area (Å²) in [5, 5.41) is 1.55. The zero-order valence-corrected chi connectivity index (χ0v) is 22.5. The van der Waals surface area contributed by atoms with E-state index in [9.17, 15) is 4.79 Å². The van der Waals surface area contributed by atoms with Crippen molar-refractivity contribution in [3.05, 3.63) is 47.2 Å². The molecule has 2 aromatic heterocycles. The highest BCUT2D eigenvalue weighted by Crippen LogP contribution is 2.36. The number of nitrogens with zero attached hydrogens (tertiary/aromatic N) is 4. The Hall–Kier alpha value is -2.97. The average Bonchev–Trinajstić information content (AvgIpc) is 3.20. The molecular formula is C28H35ClN4O4. The Bertz CT molecular complexity index is 1260. The first-order chi connectivity index (χ1) is 18.0. The summed E-state index contributed by atoms with van der Waals surface area (Å²) in [6.45, 7) is 7.31. The summed E-state index contributed by atoms with van der Waals surface area (Å²) >= 11 is 6.69. The highest BCUT2D eigenvalue weighted by Gasteiger charge is 2.33. The van der Waals surface area contributed by atoms with E-state index in [0.29, 0.717) is 49.4 Å². The van der Waals surface area contributed by atoms with Crippen LogP contribution in [0.3, 0.4) is 0 Å². The second-order valence-corrected chi connectivity index (χ2v) is 10.2. The van der Waals surface area contributed by atoms with Crippen LogP contribution in [0.25, 0.3) is 11.0 Å². The fourth-order valence-electron chi connectivity index (χ4n) is 5.02. The van der Waals surface area contributed by atoms with Gasteiger partial charge in [-0.25, -0.2) is 9.78 Å². The van der Waals surface area contributed by atoms with Crippen LogP contribution in [0.1, 0.15) is 51.1 Å². The van der Waals surface area contributed by atoms with Crippen LogP contribution < -0.4 is 14.4 Å². The Labute approximate surface area is 223 Å². The number of carbonyl (C=O) groups is 1. The molecule has 2 aliphatic heterocycles. The minimum atomic E-state index is -0.0336. The molecule has 0 radical (unpaired) electrons. The van der Waals surface area contributed by atoms with Gasteiger partial charge in [-0.3, -0.25) is 4.90 Å². The first-order valence-corrected chi connectivity index (χ1v) is 13.5. The number of halogens is 1. The Kier molecular flexibility index (Phi) is 7.76. The molecule has 1 aromatic carbocycles. The van der Waals surface area contributed by atoms with Gasteiger partial charge in [-0.1, -0.05) is 31.4 Å². The van der Waals surface area contributed by atoms with Gasteiger partial charge in [0.1, 0.15) is 5.65 Å². The van der Waals surface area contributed by atoms with Gasteiger partial charge < -0.3 is 23.7 Å². The number of anilines is 1. The summed E-state index contributed by atoms with van der Waals surface area (Å²) < 4.78 is 19.0. The van der Waals surface area contributed by atoms with Crippen molar-refractivity contribution in [2.24, 2.45) is 0 Å². The van der Waals surface area contributed by atoms with Crippen LogP contribution in [0.4, 0.5) is 10.5 Å². The number of benzene rings is 1. The highest BCUT2D eigenvalue weighted by molar-refractivity contribution is 6.35. The lowest BCUT2D eigenvalue weighted by Gasteiger charge is -2.40. The average molecular weight is 527 g/mol. The maximum Gasteiger partial charge on any atom is 0.325 e. The molecular weight excluding hydrogens is 492 g/mol. The van der Waals surface area contributed by atoms with Crippen LogP contribution in [-0.2, 0) is 11.3 Å². The number of hydrogen-bond donors (Lipinski definition) is 0. The van der Waals surface area contributed by atoms with Crippen LogP contribution in [0.15, 0.2) is 36.7 Å². The quantitative estimate of drug-likeness (QED) is 0.300. The molecule has 0 saturated carbocycles. The predicted molar refractivity (Wildman–Crippen MR) is 145 cm³/mol. The van der Waals surface area contributed by atoms with Gasteiger partial charge in [0.2, 0.25) is 0 Å². The van der Waals surface area contributed by atoms with Crippen LogP contribution >= 0.6 is 11.6 Å². The number of ether oxygens (including phenoxy) is 3. The molecule has 0 aliphatic carbocycles. The largest absolute Gasteiger partial charge is 0.493 e. The number of aromatic nitrogens is 2. The molecule has 0 unspecified atom stereocenters. The molecule has 8 nitrogen and oxygen atoms in total. The normalized spacial score (nSPS) is 18.4. The van der Waals surface area contributed by atoms with E-state index in [0.717, 1.165) is 48.0 Å². The number of unbranched alkanes of at least 4 members (excludes halogenated alkanes) is 2. The fraction of sp³-hybridized carbons (Fsp3) is 0.500. The Morgan fingerprint density at radius 1 is 1.19 bits per heavy atom. The van der Waals surface area contributed by atoms with E-state index in [1.807, 2.05) is 40.3 Å². The fourth-order valence-corrected chi connectivity index (χ4v) is 5.34. The number of fused-ring (bicyclic) bond motifs is 1. The molecule has 0 spiro atoms. The van der Waals surface area contributed by atoms with E-state index >= 15 is 0 Å². The van der Waals surface area contributed by atoms with Crippen molar-refractivity contribution < 1.29 is 19.0 Å². The van der Waals surface area contributed by atoms with Gasteiger partial charge in [0.05, 0.1) is 38.0 Å². The maximum atomic E-state index is 13.8. The van der Waals surface area contributed by atoms with Gasteiger partial charge in [0, 0.05) is 48.7 Å². The van der Waals surface area contributed by atoms with E-state index in [-0.39, 0.29) is 18.1 Å². The highest BCUT2D eigenvalue weighted by atomic mass is 35.5. The zero-order chi connectivity index (χ0) is 25.9. The summed E-state index contributed by atoms with van der Waals surface area (Å²) in [7, 11) is 1.63. The number of pyridine rings is 1. The second kappa shape index (κ2) is 11.2. The van der Waals surface area contributed by atoms with E-state index in [1.54, 1.807) is 13.3 Å². The van der Waals surface area contributed by atoms with Gasteiger partial charge >= 0.3 is 6.03 Å². The van der Waals surface area contributed by atoms with Crippen molar-refractivity contribution in [1.29, 1.82) is 0 Å². The third-order valence-electron chi connectivity index (χ3n) is 7.35. The summed E-state index contributed by atoms with van der Waals surface area (Å²) in [5.41, 5.74) is 2.64. The number of methoxy groups -OCH3 is 1. The van der Waals surface area contributed by atoms with Crippen molar-refractivity contribution in [3.8, 4) is 11.5 Å². The van der Waals surface area contributed by atoms with Crippen LogP contribution in [0.5, 0.6) is 11.5 Å². The van der Waals surface area contributed by atoms with Crippen molar-refractivity contribution in [1.82, 2.24) is 14.5 Å². The topological polar surface area (TPSA) is 69.1 Å². The summed E-state index contributed by atoms with van der Waals surface area (Å²) in [5.74, 6) is 1.34. The number of carbonyl (C=O) groups excluding carboxylic acids is 1. The number of rotatable bonds is 10. The standard InChI is InChI=1S/C28H35ClN4O4/c1-4-5-6-13-37-25-14-21(7-8-24(25)35-3)31-12-10-19(2)32(28(31)34)15-20-9-11-30-27-26(20)23(29)16-33(27)22-17-36-18-22/h7-9,11,14,16,19,22H,4-6,10,12-13,15,17-18H2,1-3H3/t19-/m0/s1. The third kappa shape index (κ3) is 5.09. The zero-order valence-electron chi connectivity index (χ0n) is 21.8. The molecule has 0 N–H and O–H groups in total. The second-order valence-electron chi connectivity index (χ2n) is 9.83. The van der Waals surface area contributed by atoms with Gasteiger partial charge in [-0.05, 0) is 43.5 Å². The lowest BCUT2D eigenvalue weighted by molar-refractivity contribution is -0.0215. The van der Waals surface area contributed by atoms with Crippen molar-refractivity contribution >= 4 is 34.4 Å². The monoisotopic (exact) mass is 526 g/mol. The van der Waals surface area contributed by atoms with E-state index in [1.165, 1.54) is 0 Å². The van der Waals surface area contributed by atoms with Crippen molar-refractivity contribution in [2.45, 2.75) is 58.2 Å². The lowest BCUT2D eigenvalue weighted by atomic mass is 10.1. The molecule has 0 bridgehead atoms. The summed E-state index contributed by atoms with van der Waals surface area (Å²) in [4.78, 5) is 22.2. The molecule has 5 rings (SSSR count). The minimum Gasteiger partial charge on any atom is -0.493 e. The number of hydrogen-bond acceptors (Lipinski definition) is 5. The molecule has 198 valence electrons. The van der Waals surface area contributed by atoms with Gasteiger partial charge in [0.15, 0.2) is 11.5 Å². The van der Waals surface area contributed by atoms with Crippen LogP contribution in [-0.4, -0.2) is 60.0 Å². The first-order valence-electron chi connectivity index (χ1n) is 13.1. The van der Waals surface area contributed by atoms with E-state index in [2.05, 4.69) is 23.4 Å². The van der Waals surface area contributed by atoms with Gasteiger partial charge in [-0.15, -0.1) is 0 Å². The minimum absolute atomic E-state index is 0.0336. The maximum absolute atomic E-state index is 13.8. The molecule has 4 heterocycles. The molecule has 2 fully saturated rings. The smallest absolute Gasteiger partial charge is 0.325 e. The summed E-state index contributed by atoms with van der Waals surface area (Å²) in [6, 6.07) is 7.98. The molecule has 3 aromatic rings. The lowest BCUT2D eigenvalue weighted by Crippen LogP contribution is -2.53. The van der Waals surface area contributed by atoms with Gasteiger partial charge in [-0.2, -0.15) is 0 Å². The Morgan fingerprint density at radius 2 is 2.03 bits per heavy atom. The van der Waals surface area contributed by atoms with E-state index in [4.69, 9.17) is 25.8 Å². The van der Waals surface area contributed by atoms with E-state index < -0.39 is 0 Å². The first kappa shape index (κ1) is 25.7. The van der Waals surface area contributed by atoms with Crippen molar-refractivity contribution in [2.75, 3.05) is 38.4 Å². The number of amides is 2. The number of urea groups is 1. The SMILES string of the molecule is CCCCCOc1cc(N2CC[C@H](C)N(Cc3ccnc4c3c(Cl)cn4C3COC3)C2=O)ccc1OC. The molecule has 2 aliphatic rings. The molecule has 9 heteroatoms. The Balaban J connectivity index is 1.39. The van der Waals surface area contributed by atoms with Crippen LogP contribution in [0, 0.1) is 0 Å². The predicted octanol–water partition coefficient (Wildman–Crippen LogP) is 6.06. The Morgan fingerprint density at radius 3 is 2.76 bits per heavy atom. The van der Waals surface area contributed by atoms with Gasteiger partial charge in [0.25, 0.3) is 0 Å². The third-order valence-corrected chi connectivity index (χ3v) is 7.64.